The largest absolute Gasteiger partial charge is 0.748 e. The Morgan fingerprint density at radius 1 is 0.812 bits per heavy atom. The van der Waals surface area contributed by atoms with Gasteiger partial charge >= 0.3 is 5.97 Å². The molecule has 3 aliphatic rings. The van der Waals surface area contributed by atoms with Crippen molar-refractivity contribution < 1.29 is 59.6 Å². The van der Waals surface area contributed by atoms with Crippen molar-refractivity contribution in [3.8, 4) is 0 Å². The number of fused-ring (bicyclic) bond motifs is 2. The molecule has 3 atom stereocenters. The Bertz CT molecular complexity index is 2690. The van der Waals surface area contributed by atoms with E-state index in [-0.39, 0.29) is 35.7 Å². The van der Waals surface area contributed by atoms with E-state index in [9.17, 15) is 49.9 Å². The molecule has 2 heterocycles. The highest BCUT2D eigenvalue weighted by atomic mass is 32.2. The quantitative estimate of drug-likeness (QED) is 0.0410. The van der Waals surface area contributed by atoms with E-state index in [1.165, 1.54) is 0 Å². The Balaban J connectivity index is 1.45. The first kappa shape index (κ1) is 54.2. The predicted molar refractivity (Wildman–Crippen MR) is 259 cm³/mol. The van der Waals surface area contributed by atoms with Gasteiger partial charge in [0, 0.05) is 59.6 Å². The lowest BCUT2D eigenvalue weighted by molar-refractivity contribution is -0.401. The van der Waals surface area contributed by atoms with Gasteiger partial charge in [-0.25, -0.2) is 16.8 Å². The summed E-state index contributed by atoms with van der Waals surface area (Å²) < 4.78 is 74.6. The lowest BCUT2D eigenvalue weighted by Crippen LogP contribution is -2.55. The zero-order chi connectivity index (χ0) is 51.1. The average molecular weight is 994 g/mol. The van der Waals surface area contributed by atoms with Crippen LogP contribution in [0.3, 0.4) is 0 Å². The van der Waals surface area contributed by atoms with Crippen LogP contribution in [0, 0.1) is 5.92 Å². The fourth-order valence-electron chi connectivity index (χ4n) is 9.21. The number of aliphatic carboxylic acids is 1. The first-order valence-electron chi connectivity index (χ1n) is 23.3. The number of carbonyl (C=O) groups is 5. The average Bonchev–Trinajstić information content (AvgIpc) is 3.60. The zero-order valence-corrected chi connectivity index (χ0v) is 42.0. The van der Waals surface area contributed by atoms with Crippen molar-refractivity contribution >= 4 is 66.8 Å². The van der Waals surface area contributed by atoms with Gasteiger partial charge in [0.25, 0.3) is 0 Å². The molecule has 376 valence electrons. The van der Waals surface area contributed by atoms with Crippen LogP contribution in [0.4, 0.5) is 11.4 Å². The molecule has 2 aliphatic heterocycles. The second kappa shape index (κ2) is 22.4. The minimum Gasteiger partial charge on any atom is -0.748 e. The topological polar surface area (TPSA) is 274 Å². The van der Waals surface area contributed by atoms with Gasteiger partial charge in [-0.15, -0.1) is 0 Å². The van der Waals surface area contributed by atoms with Crippen molar-refractivity contribution in [3.05, 3.63) is 94.4 Å². The third-order valence-corrected chi connectivity index (χ3v) is 14.5. The molecular weight excluding hydrogens is 929 g/mol. The summed E-state index contributed by atoms with van der Waals surface area (Å²) in [6, 6.07) is 11.9. The number of ketones is 1. The Labute approximate surface area is 405 Å². The molecule has 2 aromatic carbocycles. The number of anilines is 1. The third-order valence-electron chi connectivity index (χ3n) is 13.0. The number of allylic oxidation sites excluding steroid dienone is 5. The molecule has 3 amide bonds. The van der Waals surface area contributed by atoms with Gasteiger partial charge < -0.3 is 40.4 Å². The van der Waals surface area contributed by atoms with Gasteiger partial charge in [-0.2, -0.15) is 4.58 Å². The second-order valence-electron chi connectivity index (χ2n) is 19.1. The van der Waals surface area contributed by atoms with Crippen LogP contribution in [0.2, 0.25) is 0 Å². The van der Waals surface area contributed by atoms with Crippen molar-refractivity contribution in [1.82, 2.24) is 21.3 Å². The molecule has 1 aliphatic carbocycles. The summed E-state index contributed by atoms with van der Waals surface area (Å²) in [6.45, 7) is 11.7. The predicted octanol–water partition coefficient (Wildman–Crippen LogP) is 3.76. The molecule has 0 aromatic heterocycles. The van der Waals surface area contributed by atoms with Gasteiger partial charge in [-0.05, 0) is 56.7 Å². The first-order chi connectivity index (χ1) is 32.3. The van der Waals surface area contributed by atoms with Gasteiger partial charge in [0.15, 0.2) is 11.5 Å². The number of nitrogens with zero attached hydrogens (tertiary/aromatic N) is 2. The van der Waals surface area contributed by atoms with Crippen LogP contribution in [-0.4, -0.2) is 121 Å². The summed E-state index contributed by atoms with van der Waals surface area (Å²) in [7, 11) is -8.37. The van der Waals surface area contributed by atoms with Crippen molar-refractivity contribution in [2.75, 3.05) is 43.1 Å². The smallest absolute Gasteiger partial charge is 0.303 e. The lowest BCUT2D eigenvalue weighted by atomic mass is 9.77. The number of benzene rings is 2. The Morgan fingerprint density at radius 3 is 2.07 bits per heavy atom. The SMILES string of the molecule is CCCCCN1/C(=C/C2=C(NC(CS(=O)(=O)[O-])C(=O)NCC(=O)NC(CS(=O)(=O)[O-])C(=O)NCC(C)CCCCCC(=O)O)C(=C/C3=[N+](C)c4ccccc4C3(C)C)/C2=O)C(C)(C)c2ccccc21. The molecule has 69 heavy (non-hydrogen) atoms. The summed E-state index contributed by atoms with van der Waals surface area (Å²) in [4.78, 5) is 67.7. The fraction of sp³-hybridized carbons (Fsp3) is 0.510. The Morgan fingerprint density at radius 2 is 1.43 bits per heavy atom. The maximum Gasteiger partial charge on any atom is 0.303 e. The summed E-state index contributed by atoms with van der Waals surface area (Å²) in [6.07, 6.45) is 8.64. The number of nitrogens with one attached hydrogen (secondary N) is 4. The third kappa shape index (κ3) is 13.5. The number of Topliss-reactive ketones (excluding diaryl/α,β-unsaturated/α-hetero) is 1. The molecule has 3 unspecified atom stereocenters. The van der Waals surface area contributed by atoms with Crippen molar-refractivity contribution in [1.29, 1.82) is 0 Å². The molecule has 0 bridgehead atoms. The van der Waals surface area contributed by atoms with E-state index >= 15 is 0 Å². The number of carboxylic acids is 1. The highest BCUT2D eigenvalue weighted by Gasteiger charge is 2.47. The first-order valence-corrected chi connectivity index (χ1v) is 26.4. The summed E-state index contributed by atoms with van der Waals surface area (Å²) in [5.74, 6) is -7.29. The van der Waals surface area contributed by atoms with E-state index in [1.54, 1.807) is 19.1 Å². The van der Waals surface area contributed by atoms with Crippen LogP contribution in [0.1, 0.15) is 104 Å². The van der Waals surface area contributed by atoms with Gasteiger partial charge in [0.1, 0.15) is 19.1 Å². The Hall–Kier alpha value is -5.70. The summed E-state index contributed by atoms with van der Waals surface area (Å²) in [5.41, 5.74) is 4.57. The van der Waals surface area contributed by atoms with Crippen LogP contribution < -0.4 is 26.2 Å². The van der Waals surface area contributed by atoms with Gasteiger partial charge in [-0.3, -0.25) is 24.0 Å². The standard InChI is InChI=1S/C49H66N6O12S2/c1-8-9-17-24-55-39-22-16-14-20-35(39)49(5,6)41(55)26-33-44(32(45(33)59)25-40-48(3,4)34-19-13-15-21-38(34)54(40)7)53-37(30-69(65,66)67)47(61)51-28-42(56)52-36(29-68(62,63)64)46(60)50-27-31(2)18-11-10-12-23-43(57)58/h13-16,19-22,25-26,31,36-37H,8-12,17-18,23-24,27-30H2,1-7H3,(H6-,50,51,52,53,56,57,58,59,60,61,62,63,64,65,66,67)/p-1. The van der Waals surface area contributed by atoms with E-state index in [1.807, 2.05) is 87.8 Å². The van der Waals surface area contributed by atoms with Crippen LogP contribution in [0.25, 0.3) is 0 Å². The normalized spacial score (nSPS) is 18.6. The van der Waals surface area contributed by atoms with Crippen molar-refractivity contribution in [2.45, 2.75) is 116 Å². The molecule has 0 spiro atoms. The number of rotatable bonds is 25. The number of hydrogen-bond donors (Lipinski definition) is 5. The van der Waals surface area contributed by atoms with E-state index in [0.29, 0.717) is 32.2 Å². The van der Waals surface area contributed by atoms with Gasteiger partial charge in [-0.1, -0.05) is 89.8 Å². The molecule has 2 aromatic rings. The van der Waals surface area contributed by atoms with Gasteiger partial charge in [0.2, 0.25) is 23.4 Å². The van der Waals surface area contributed by atoms with Crippen LogP contribution >= 0.6 is 0 Å². The van der Waals surface area contributed by atoms with Crippen LogP contribution in [-0.2, 0) is 55.0 Å². The lowest BCUT2D eigenvalue weighted by Gasteiger charge is -2.33. The molecular formula is C49H65N6O12S2-. The van der Waals surface area contributed by atoms with Crippen LogP contribution in [0.15, 0.2) is 83.2 Å². The summed E-state index contributed by atoms with van der Waals surface area (Å²) >= 11 is 0. The van der Waals surface area contributed by atoms with Crippen LogP contribution in [0.5, 0.6) is 0 Å². The number of carboxylic acid groups (broad SMARTS) is 1. The second-order valence-corrected chi connectivity index (χ2v) is 22.0. The number of unbranched alkanes of at least 4 members (excludes halogenated alkanes) is 4. The molecule has 5 rings (SSSR count). The maximum atomic E-state index is 14.6. The maximum absolute atomic E-state index is 14.6. The molecule has 20 heteroatoms. The minimum atomic E-state index is -5.16. The number of amides is 3. The minimum absolute atomic E-state index is 0.0291. The molecule has 18 nitrogen and oxygen atoms in total. The summed E-state index contributed by atoms with van der Waals surface area (Å²) in [5, 5.41) is 18.6. The highest BCUT2D eigenvalue weighted by molar-refractivity contribution is 7.86. The van der Waals surface area contributed by atoms with E-state index in [4.69, 9.17) is 5.11 Å². The highest BCUT2D eigenvalue weighted by Crippen LogP contribution is 2.49. The number of carbonyl (C=O) groups excluding carboxylic acids is 4. The Kier molecular flexibility index (Phi) is 17.6. The van der Waals surface area contributed by atoms with E-state index in [0.717, 1.165) is 53.2 Å². The molecule has 0 radical (unpaired) electrons. The molecule has 0 fully saturated rings. The number of hydrogen-bond acceptors (Lipinski definition) is 13. The van der Waals surface area contributed by atoms with Crippen molar-refractivity contribution in [3.63, 3.8) is 0 Å². The zero-order valence-electron chi connectivity index (χ0n) is 40.3. The number of para-hydroxylation sites is 2. The van der Waals surface area contributed by atoms with E-state index < -0.39 is 90.7 Å². The molecule has 0 saturated heterocycles. The fourth-order valence-corrected chi connectivity index (χ4v) is 10.5. The molecule has 5 N–H and O–H groups in total. The van der Waals surface area contributed by atoms with E-state index in [2.05, 4.69) is 33.1 Å². The van der Waals surface area contributed by atoms with Gasteiger partial charge in [0.05, 0.1) is 55.0 Å². The monoisotopic (exact) mass is 993 g/mol. The van der Waals surface area contributed by atoms with Crippen molar-refractivity contribution in [2.24, 2.45) is 5.92 Å². The molecule has 0 saturated carbocycles.